The quantitative estimate of drug-likeness (QED) is 0.558. The van der Waals surface area contributed by atoms with Crippen LogP contribution in [0.4, 0.5) is 0 Å². The Morgan fingerprint density at radius 3 is 2.40 bits per heavy atom. The van der Waals surface area contributed by atoms with Crippen LogP contribution in [-0.4, -0.2) is 25.8 Å². The molecule has 2 unspecified atom stereocenters. The van der Waals surface area contributed by atoms with E-state index in [9.17, 15) is 4.79 Å². The van der Waals surface area contributed by atoms with Crippen molar-refractivity contribution in [2.75, 3.05) is 19.9 Å². The Morgan fingerprint density at radius 1 is 1.03 bits per heavy atom. The van der Waals surface area contributed by atoms with Gasteiger partial charge in [0.05, 0.1) is 6.04 Å². The Labute approximate surface area is 194 Å². The largest absolute Gasteiger partial charge is 0.454 e. The van der Waals surface area contributed by atoms with Crippen molar-refractivity contribution in [3.8, 4) is 11.5 Å². The molecule has 0 aromatic heterocycles. The van der Waals surface area contributed by atoms with Gasteiger partial charge >= 0.3 is 0 Å². The molecule has 2 atom stereocenters. The lowest BCUT2D eigenvalue weighted by Gasteiger charge is -2.42. The van der Waals surface area contributed by atoms with E-state index in [2.05, 4.69) is 61.5 Å². The Hall–Kier alpha value is -1.57. The fraction of sp³-hybridized carbons (Fsp3) is 0.435. The zero-order chi connectivity index (χ0) is 21.3. The molecule has 4 rings (SSSR count). The molecular formula is C23H26Br2N2O3. The number of carbonyl (C=O) groups is 1. The fourth-order valence-electron chi connectivity index (χ4n) is 4.55. The van der Waals surface area contributed by atoms with Crippen molar-refractivity contribution in [3.63, 3.8) is 0 Å². The zero-order valence-corrected chi connectivity index (χ0v) is 20.3. The third-order valence-corrected chi connectivity index (χ3v) is 7.32. The van der Waals surface area contributed by atoms with E-state index in [1.54, 1.807) is 0 Å². The number of carbonyl (C=O) groups excluding carboxylic acids is 1. The van der Waals surface area contributed by atoms with Gasteiger partial charge in [0, 0.05) is 20.3 Å². The number of rotatable bonds is 5. The Morgan fingerprint density at radius 2 is 1.70 bits per heavy atom. The molecule has 7 heteroatoms. The van der Waals surface area contributed by atoms with Gasteiger partial charge in [0.1, 0.15) is 0 Å². The molecule has 0 radical (unpaired) electrons. The van der Waals surface area contributed by atoms with Crippen LogP contribution in [-0.2, 0) is 10.2 Å². The molecule has 0 saturated carbocycles. The number of benzene rings is 2. The standard InChI is InChI=1S/C23H26Br2N2O3/c1-14(22(28)27-15(2)16-9-18(24)12-19(25)10-16)23(5-7-26-8-6-23)17-3-4-20-21(11-17)30-13-29-20/h3-4,9-12,14-15,26H,5-8,13H2,1-2H3,(H,27,28). The molecule has 2 N–H and O–H groups in total. The number of piperidine rings is 1. The number of hydrogen-bond donors (Lipinski definition) is 2. The first-order valence-corrected chi connectivity index (χ1v) is 11.8. The van der Waals surface area contributed by atoms with Gasteiger partial charge in [-0.15, -0.1) is 0 Å². The van der Waals surface area contributed by atoms with Crippen LogP contribution in [0.3, 0.4) is 0 Å². The number of halogens is 2. The molecule has 2 aromatic carbocycles. The molecule has 1 saturated heterocycles. The van der Waals surface area contributed by atoms with E-state index in [0.717, 1.165) is 57.5 Å². The lowest BCUT2D eigenvalue weighted by molar-refractivity contribution is -0.127. The van der Waals surface area contributed by atoms with Crippen LogP contribution >= 0.6 is 31.9 Å². The summed E-state index contributed by atoms with van der Waals surface area (Å²) in [4.78, 5) is 13.4. The first kappa shape index (κ1) is 21.7. The van der Waals surface area contributed by atoms with Crippen LogP contribution in [0, 0.1) is 5.92 Å². The van der Waals surface area contributed by atoms with Crippen LogP contribution in [0.5, 0.6) is 11.5 Å². The van der Waals surface area contributed by atoms with E-state index < -0.39 is 0 Å². The number of fused-ring (bicyclic) bond motifs is 1. The van der Waals surface area contributed by atoms with E-state index in [1.165, 1.54) is 0 Å². The van der Waals surface area contributed by atoms with Gasteiger partial charge in [0.15, 0.2) is 11.5 Å². The first-order chi connectivity index (χ1) is 14.4. The Kier molecular flexibility index (Phi) is 6.42. The van der Waals surface area contributed by atoms with Crippen molar-refractivity contribution < 1.29 is 14.3 Å². The Balaban J connectivity index is 1.59. The van der Waals surface area contributed by atoms with Crippen LogP contribution < -0.4 is 20.1 Å². The first-order valence-electron chi connectivity index (χ1n) is 10.3. The minimum atomic E-state index is -0.242. The predicted octanol–water partition coefficient (Wildman–Crippen LogP) is 5.08. The second-order valence-corrected chi connectivity index (χ2v) is 9.96. The molecule has 2 heterocycles. The van der Waals surface area contributed by atoms with Gasteiger partial charge in [-0.25, -0.2) is 0 Å². The third-order valence-electron chi connectivity index (χ3n) is 6.41. The highest BCUT2D eigenvalue weighted by atomic mass is 79.9. The second-order valence-electron chi connectivity index (χ2n) is 8.13. The van der Waals surface area contributed by atoms with Gasteiger partial charge in [-0.3, -0.25) is 4.79 Å². The highest BCUT2D eigenvalue weighted by Gasteiger charge is 2.43. The minimum Gasteiger partial charge on any atom is -0.454 e. The molecule has 160 valence electrons. The number of amides is 1. The van der Waals surface area contributed by atoms with E-state index in [4.69, 9.17) is 9.47 Å². The lowest BCUT2D eigenvalue weighted by Crippen LogP contribution is -2.49. The number of nitrogens with one attached hydrogen (secondary N) is 2. The summed E-state index contributed by atoms with van der Waals surface area (Å²) < 4.78 is 13.1. The third kappa shape index (κ3) is 4.25. The molecular weight excluding hydrogens is 512 g/mol. The second kappa shape index (κ2) is 8.89. The van der Waals surface area contributed by atoms with Crippen LogP contribution in [0.25, 0.3) is 0 Å². The number of ether oxygens (including phenoxy) is 2. The summed E-state index contributed by atoms with van der Waals surface area (Å²) in [6.45, 7) is 6.10. The molecule has 1 amide bonds. The maximum Gasteiger partial charge on any atom is 0.231 e. The van der Waals surface area contributed by atoms with Crippen LogP contribution in [0.2, 0.25) is 0 Å². The maximum absolute atomic E-state index is 13.4. The SMILES string of the molecule is CC(NC(=O)C(C)C1(c2ccc3c(c2)OCO3)CCNCC1)c1cc(Br)cc(Br)c1. The van der Waals surface area contributed by atoms with E-state index in [-0.39, 0.29) is 30.1 Å². The molecule has 2 aliphatic rings. The van der Waals surface area contributed by atoms with Crippen molar-refractivity contribution in [1.29, 1.82) is 0 Å². The normalized spacial score (nSPS) is 19.2. The van der Waals surface area contributed by atoms with Gasteiger partial charge in [0.25, 0.3) is 0 Å². The molecule has 1 fully saturated rings. The summed E-state index contributed by atoms with van der Waals surface area (Å²) in [5.74, 6) is 1.43. The molecule has 2 aliphatic heterocycles. The lowest BCUT2D eigenvalue weighted by atomic mass is 9.65. The molecule has 5 nitrogen and oxygen atoms in total. The van der Waals surface area contributed by atoms with E-state index >= 15 is 0 Å². The minimum absolute atomic E-state index is 0.0677. The average Bonchev–Trinajstić information content (AvgIpc) is 3.21. The van der Waals surface area contributed by atoms with E-state index in [1.807, 2.05) is 31.2 Å². The average molecular weight is 538 g/mol. The zero-order valence-electron chi connectivity index (χ0n) is 17.1. The highest BCUT2D eigenvalue weighted by Crippen LogP contribution is 2.44. The molecule has 30 heavy (non-hydrogen) atoms. The molecule has 0 spiro atoms. The van der Waals surface area contributed by atoms with Gasteiger partial charge in [-0.05, 0) is 74.3 Å². The summed E-state index contributed by atoms with van der Waals surface area (Å²) in [5, 5.41) is 6.67. The fourth-order valence-corrected chi connectivity index (χ4v) is 5.88. The van der Waals surface area contributed by atoms with Crippen molar-refractivity contribution in [2.45, 2.75) is 38.1 Å². The van der Waals surface area contributed by atoms with Gasteiger partial charge in [-0.1, -0.05) is 44.8 Å². The summed E-state index contributed by atoms with van der Waals surface area (Å²) in [5.41, 5.74) is 1.96. The smallest absolute Gasteiger partial charge is 0.231 e. The molecule has 0 bridgehead atoms. The summed E-state index contributed by atoms with van der Waals surface area (Å²) in [7, 11) is 0. The van der Waals surface area contributed by atoms with Crippen LogP contribution in [0.1, 0.15) is 43.9 Å². The Bertz CT molecular complexity index is 924. The monoisotopic (exact) mass is 536 g/mol. The molecule has 2 aromatic rings. The van der Waals surface area contributed by atoms with Gasteiger partial charge in [-0.2, -0.15) is 0 Å². The highest BCUT2D eigenvalue weighted by molar-refractivity contribution is 9.11. The van der Waals surface area contributed by atoms with E-state index in [0.29, 0.717) is 0 Å². The topological polar surface area (TPSA) is 59.6 Å². The van der Waals surface area contributed by atoms with Crippen molar-refractivity contribution >= 4 is 37.8 Å². The van der Waals surface area contributed by atoms with Gasteiger partial charge < -0.3 is 20.1 Å². The van der Waals surface area contributed by atoms with Crippen molar-refractivity contribution in [1.82, 2.24) is 10.6 Å². The number of hydrogen-bond acceptors (Lipinski definition) is 4. The predicted molar refractivity (Wildman–Crippen MR) is 124 cm³/mol. The summed E-state index contributed by atoms with van der Waals surface area (Å²) >= 11 is 7.06. The summed E-state index contributed by atoms with van der Waals surface area (Å²) in [6.07, 6.45) is 1.80. The maximum atomic E-state index is 13.4. The molecule has 0 aliphatic carbocycles. The van der Waals surface area contributed by atoms with Crippen LogP contribution in [0.15, 0.2) is 45.3 Å². The summed E-state index contributed by atoms with van der Waals surface area (Å²) in [6, 6.07) is 12.1. The van der Waals surface area contributed by atoms with Crippen molar-refractivity contribution in [2.24, 2.45) is 5.92 Å². The van der Waals surface area contributed by atoms with Gasteiger partial charge in [0.2, 0.25) is 12.7 Å². The van der Waals surface area contributed by atoms with Crippen molar-refractivity contribution in [3.05, 3.63) is 56.5 Å².